The predicted molar refractivity (Wildman–Crippen MR) is 120 cm³/mol. The van der Waals surface area contributed by atoms with Crippen molar-refractivity contribution >= 4 is 33.6 Å². The molecule has 2 heterocycles. The lowest BCUT2D eigenvalue weighted by Gasteiger charge is -2.15. The average Bonchev–Trinajstić information content (AvgIpc) is 3.39. The van der Waals surface area contributed by atoms with Crippen molar-refractivity contribution < 1.29 is 9.59 Å². The van der Waals surface area contributed by atoms with Crippen molar-refractivity contribution in [3.8, 4) is 0 Å². The van der Waals surface area contributed by atoms with Crippen LogP contribution in [0.25, 0.3) is 21.8 Å². The molecule has 6 heteroatoms. The molecule has 0 radical (unpaired) electrons. The number of fused-ring (bicyclic) bond motifs is 2. The van der Waals surface area contributed by atoms with Gasteiger partial charge in [0.2, 0.25) is 0 Å². The van der Waals surface area contributed by atoms with Gasteiger partial charge < -0.3 is 19.8 Å². The van der Waals surface area contributed by atoms with Gasteiger partial charge in [0.1, 0.15) is 11.4 Å². The minimum atomic E-state index is -0.0710. The molecule has 4 rings (SSSR count). The van der Waals surface area contributed by atoms with E-state index in [1.54, 1.807) is 23.9 Å². The van der Waals surface area contributed by atoms with Gasteiger partial charge in [0.25, 0.3) is 11.8 Å². The number of H-pyrrole nitrogens is 2. The minimum absolute atomic E-state index is 0.0710. The third-order valence-corrected chi connectivity index (χ3v) is 5.14. The van der Waals surface area contributed by atoms with Crippen molar-refractivity contribution in [3.63, 3.8) is 0 Å². The fourth-order valence-corrected chi connectivity index (χ4v) is 3.42. The topological polar surface area (TPSA) is 72.2 Å². The van der Waals surface area contributed by atoms with Crippen LogP contribution in [0.2, 0.25) is 0 Å². The highest BCUT2D eigenvalue weighted by molar-refractivity contribution is 5.98. The molecule has 0 atom stereocenters. The Morgan fingerprint density at radius 2 is 1.13 bits per heavy atom. The lowest BCUT2D eigenvalue weighted by Crippen LogP contribution is -2.28. The van der Waals surface area contributed by atoms with Crippen molar-refractivity contribution in [2.24, 2.45) is 0 Å². The number of nitrogens with zero attached hydrogens (tertiary/aromatic N) is 2. The van der Waals surface area contributed by atoms with E-state index in [2.05, 4.69) is 9.97 Å². The van der Waals surface area contributed by atoms with Gasteiger partial charge in [0.05, 0.1) is 0 Å². The van der Waals surface area contributed by atoms with E-state index in [1.807, 2.05) is 72.8 Å². The van der Waals surface area contributed by atoms with Gasteiger partial charge in [-0.05, 0) is 24.3 Å². The molecule has 0 aliphatic carbocycles. The maximum Gasteiger partial charge on any atom is 0.270 e. The number of hydrogen-bond acceptors (Lipinski definition) is 2. The zero-order valence-electron chi connectivity index (χ0n) is 17.1. The van der Waals surface area contributed by atoms with Crippen molar-refractivity contribution in [2.45, 2.75) is 0 Å². The van der Waals surface area contributed by atoms with Crippen molar-refractivity contribution in [2.75, 3.05) is 27.2 Å². The lowest BCUT2D eigenvalue weighted by molar-refractivity contribution is 0.0794. The predicted octanol–water partition coefficient (Wildman–Crippen LogP) is 4.05. The van der Waals surface area contributed by atoms with Gasteiger partial charge in [-0.25, -0.2) is 0 Å². The summed E-state index contributed by atoms with van der Waals surface area (Å²) in [6, 6.07) is 19.4. The number of aromatic amines is 2. The van der Waals surface area contributed by atoms with E-state index >= 15 is 0 Å². The largest absolute Gasteiger partial charge is 0.351 e. The quantitative estimate of drug-likeness (QED) is 0.479. The van der Waals surface area contributed by atoms with Crippen LogP contribution in [0.15, 0.2) is 72.8 Å². The number of likely N-dealkylation sites (N-methyl/N-ethyl adjacent to an activating group) is 2. The Hall–Kier alpha value is -3.80. The summed E-state index contributed by atoms with van der Waals surface area (Å²) in [6.45, 7) is 0.922. The Morgan fingerprint density at radius 1 is 0.733 bits per heavy atom. The zero-order valence-corrected chi connectivity index (χ0v) is 17.1. The zero-order chi connectivity index (χ0) is 21.1. The first-order valence-corrected chi connectivity index (χ1v) is 9.84. The Kier molecular flexibility index (Phi) is 5.39. The number of carbonyl (C=O) groups excluding carboxylic acids is 2. The first-order valence-electron chi connectivity index (χ1n) is 9.84. The molecular weight excluding hydrogens is 376 g/mol. The molecule has 0 aliphatic heterocycles. The number of rotatable bonds is 6. The molecule has 2 N–H and O–H groups in total. The number of benzene rings is 2. The lowest BCUT2D eigenvalue weighted by atomic mass is 10.2. The van der Waals surface area contributed by atoms with Crippen LogP contribution in [0.4, 0.5) is 0 Å². The van der Waals surface area contributed by atoms with Gasteiger partial charge in [0, 0.05) is 49.0 Å². The molecule has 0 fully saturated rings. The van der Waals surface area contributed by atoms with Gasteiger partial charge in [-0.15, -0.1) is 0 Å². The van der Waals surface area contributed by atoms with Crippen LogP contribution in [-0.2, 0) is 0 Å². The van der Waals surface area contributed by atoms with Gasteiger partial charge in [-0.3, -0.25) is 9.59 Å². The number of amides is 2. The number of para-hydroxylation sites is 2. The second-order valence-electron chi connectivity index (χ2n) is 7.38. The molecule has 4 aromatic rings. The monoisotopic (exact) mass is 400 g/mol. The van der Waals surface area contributed by atoms with Crippen LogP contribution in [-0.4, -0.2) is 58.8 Å². The van der Waals surface area contributed by atoms with E-state index in [0.29, 0.717) is 24.5 Å². The molecule has 0 saturated heterocycles. The van der Waals surface area contributed by atoms with E-state index < -0.39 is 0 Å². The Balaban J connectivity index is 1.32. The third kappa shape index (κ3) is 3.98. The van der Waals surface area contributed by atoms with Gasteiger partial charge in [0.15, 0.2) is 0 Å². The first kappa shape index (κ1) is 19.5. The fourth-order valence-electron chi connectivity index (χ4n) is 3.42. The smallest absolute Gasteiger partial charge is 0.270 e. The summed E-state index contributed by atoms with van der Waals surface area (Å²) >= 11 is 0. The van der Waals surface area contributed by atoms with Gasteiger partial charge in [-0.2, -0.15) is 0 Å². The number of hydrogen-bond donors (Lipinski definition) is 2. The van der Waals surface area contributed by atoms with Crippen LogP contribution < -0.4 is 0 Å². The van der Waals surface area contributed by atoms with Crippen molar-refractivity contribution in [1.29, 1.82) is 0 Å². The van der Waals surface area contributed by atoms with Crippen LogP contribution in [0.5, 0.6) is 0 Å². The maximum atomic E-state index is 12.6. The Labute approximate surface area is 174 Å². The molecular formula is C24H24N4O2. The fraction of sp³-hybridized carbons (Fsp3) is 0.167. The minimum Gasteiger partial charge on any atom is -0.351 e. The second kappa shape index (κ2) is 8.29. The van der Waals surface area contributed by atoms with Crippen LogP contribution in [0.3, 0.4) is 0 Å². The van der Waals surface area contributed by atoms with E-state index in [4.69, 9.17) is 0 Å². The normalized spacial score (nSPS) is 11.4. The SMILES string of the molecule is CN(C/C=C/CN(C)C(=O)c1cc2ccccc2[nH]1)C(=O)c1cc2ccccc2[nH]1. The van der Waals surface area contributed by atoms with Crippen LogP contribution >= 0.6 is 0 Å². The number of carbonyl (C=O) groups is 2. The molecule has 2 aromatic carbocycles. The van der Waals surface area contributed by atoms with E-state index in [-0.39, 0.29) is 11.8 Å². The van der Waals surface area contributed by atoms with E-state index in [9.17, 15) is 9.59 Å². The summed E-state index contributed by atoms with van der Waals surface area (Å²) in [6.07, 6.45) is 3.80. The second-order valence-corrected chi connectivity index (χ2v) is 7.38. The average molecular weight is 400 g/mol. The molecule has 0 bridgehead atoms. The molecule has 30 heavy (non-hydrogen) atoms. The summed E-state index contributed by atoms with van der Waals surface area (Å²) < 4.78 is 0. The molecule has 2 amide bonds. The standard InChI is InChI=1S/C24H24N4O2/c1-27(23(29)21-15-17-9-3-5-11-19(17)25-21)13-7-8-14-28(2)24(30)22-16-18-10-4-6-12-20(18)26-22/h3-12,15-16,25-26H,13-14H2,1-2H3/b8-7+. The third-order valence-electron chi connectivity index (χ3n) is 5.14. The molecule has 0 spiro atoms. The molecule has 0 unspecified atom stereocenters. The molecule has 0 aliphatic rings. The summed E-state index contributed by atoms with van der Waals surface area (Å²) in [7, 11) is 3.52. The highest BCUT2D eigenvalue weighted by atomic mass is 16.2. The highest BCUT2D eigenvalue weighted by Gasteiger charge is 2.14. The van der Waals surface area contributed by atoms with Crippen LogP contribution in [0, 0.1) is 0 Å². The Bertz CT molecular complexity index is 1070. The molecule has 0 saturated carbocycles. The maximum absolute atomic E-state index is 12.6. The van der Waals surface area contributed by atoms with E-state index in [1.165, 1.54) is 0 Å². The first-order chi connectivity index (χ1) is 14.5. The van der Waals surface area contributed by atoms with Gasteiger partial charge in [-0.1, -0.05) is 48.6 Å². The Morgan fingerprint density at radius 3 is 1.53 bits per heavy atom. The van der Waals surface area contributed by atoms with Crippen molar-refractivity contribution in [1.82, 2.24) is 19.8 Å². The molecule has 2 aromatic heterocycles. The number of nitrogens with one attached hydrogen (secondary N) is 2. The summed E-state index contributed by atoms with van der Waals surface area (Å²) in [5, 5.41) is 2.03. The summed E-state index contributed by atoms with van der Waals surface area (Å²) in [5.74, 6) is -0.142. The summed E-state index contributed by atoms with van der Waals surface area (Å²) in [5.41, 5.74) is 3.03. The number of aromatic nitrogens is 2. The van der Waals surface area contributed by atoms with E-state index in [0.717, 1.165) is 21.8 Å². The summed E-state index contributed by atoms with van der Waals surface area (Å²) in [4.78, 5) is 34.8. The molecule has 6 nitrogen and oxygen atoms in total. The van der Waals surface area contributed by atoms with Gasteiger partial charge >= 0.3 is 0 Å². The van der Waals surface area contributed by atoms with Crippen molar-refractivity contribution in [3.05, 3.63) is 84.2 Å². The van der Waals surface area contributed by atoms with Crippen LogP contribution in [0.1, 0.15) is 21.0 Å². The molecule has 152 valence electrons. The highest BCUT2D eigenvalue weighted by Crippen LogP contribution is 2.16.